The highest BCUT2D eigenvalue weighted by Crippen LogP contribution is 2.40. The first-order valence-corrected chi connectivity index (χ1v) is 9.24. The van der Waals surface area contributed by atoms with Crippen LogP contribution < -0.4 is 9.47 Å². The maximum absolute atomic E-state index is 9.74. The minimum atomic E-state index is -0.547. The average Bonchev–Trinajstić information content (AvgIpc) is 2.76. The van der Waals surface area contributed by atoms with Gasteiger partial charge in [0, 0.05) is 11.1 Å². The first-order valence-electron chi connectivity index (χ1n) is 9.24. The molecule has 0 unspecified atom stereocenters. The van der Waals surface area contributed by atoms with Crippen LogP contribution in [0.25, 0.3) is 0 Å². The molecule has 1 spiro atoms. The van der Waals surface area contributed by atoms with Crippen molar-refractivity contribution in [1.82, 2.24) is 0 Å². The lowest BCUT2D eigenvalue weighted by Crippen LogP contribution is -2.49. The number of hydrogen-bond donors (Lipinski definition) is 2. The Morgan fingerprint density at radius 2 is 1.10 bits per heavy atom. The Labute approximate surface area is 168 Å². The van der Waals surface area contributed by atoms with E-state index in [9.17, 15) is 10.2 Å². The van der Waals surface area contributed by atoms with Gasteiger partial charge in [0.15, 0.2) is 35.6 Å². The van der Waals surface area contributed by atoms with E-state index in [0.717, 1.165) is 11.1 Å². The summed E-state index contributed by atoms with van der Waals surface area (Å²) in [6, 6.07) is 9.97. The van der Waals surface area contributed by atoms with Gasteiger partial charge in [-0.25, -0.2) is 0 Å². The van der Waals surface area contributed by atoms with Gasteiger partial charge in [0.1, 0.15) is 0 Å². The fourth-order valence-corrected chi connectivity index (χ4v) is 3.42. The molecule has 2 aromatic carbocycles. The van der Waals surface area contributed by atoms with Crippen molar-refractivity contribution in [3.05, 3.63) is 47.5 Å². The number of phenols is 2. The summed E-state index contributed by atoms with van der Waals surface area (Å²) in [6.45, 7) is 1.64. The Kier molecular flexibility index (Phi) is 5.51. The number of ether oxygens (including phenoxy) is 6. The Bertz CT molecular complexity index is 777. The van der Waals surface area contributed by atoms with Crippen LogP contribution >= 0.6 is 0 Å². The van der Waals surface area contributed by atoms with Gasteiger partial charge in [-0.05, 0) is 24.3 Å². The minimum Gasteiger partial charge on any atom is -0.504 e. The summed E-state index contributed by atoms with van der Waals surface area (Å²) in [5.74, 6) is 0.863. The smallest absolute Gasteiger partial charge is 0.183 e. The van der Waals surface area contributed by atoms with Crippen LogP contribution in [0.1, 0.15) is 23.7 Å². The third-order valence-electron chi connectivity index (χ3n) is 5.12. The monoisotopic (exact) mass is 404 g/mol. The number of methoxy groups -OCH3 is 2. The molecule has 0 amide bonds. The van der Waals surface area contributed by atoms with E-state index in [-0.39, 0.29) is 11.5 Å². The first-order chi connectivity index (χ1) is 14.0. The largest absolute Gasteiger partial charge is 0.504 e. The lowest BCUT2D eigenvalue weighted by Gasteiger charge is -2.43. The molecule has 2 aliphatic rings. The van der Waals surface area contributed by atoms with Gasteiger partial charge in [-0.2, -0.15) is 0 Å². The summed E-state index contributed by atoms with van der Waals surface area (Å²) >= 11 is 0. The number of aromatic hydroxyl groups is 2. The SMILES string of the molecule is COc1cc(C2OCC3(CO2)COC(c2ccc(O)c(OC)c2)OC3)ccc1O. The molecule has 8 heteroatoms. The Morgan fingerprint density at radius 1 is 0.724 bits per heavy atom. The normalized spacial score (nSPS) is 27.0. The van der Waals surface area contributed by atoms with Crippen LogP contribution in [0.2, 0.25) is 0 Å². The van der Waals surface area contributed by atoms with E-state index in [2.05, 4.69) is 0 Å². The molecular weight excluding hydrogens is 380 g/mol. The zero-order chi connectivity index (χ0) is 20.4. The summed E-state index contributed by atoms with van der Waals surface area (Å²) in [5, 5.41) is 19.5. The molecule has 0 aliphatic carbocycles. The summed E-state index contributed by atoms with van der Waals surface area (Å²) in [5.41, 5.74) is 1.14. The lowest BCUT2D eigenvalue weighted by molar-refractivity contribution is -0.307. The van der Waals surface area contributed by atoms with Crippen LogP contribution in [0.4, 0.5) is 0 Å². The van der Waals surface area contributed by atoms with Crippen molar-refractivity contribution in [2.75, 3.05) is 40.6 Å². The van der Waals surface area contributed by atoms with E-state index in [4.69, 9.17) is 28.4 Å². The van der Waals surface area contributed by atoms with Gasteiger partial charge < -0.3 is 38.6 Å². The summed E-state index contributed by atoms with van der Waals surface area (Å²) < 4.78 is 33.9. The van der Waals surface area contributed by atoms with Gasteiger partial charge in [0.25, 0.3) is 0 Å². The fourth-order valence-electron chi connectivity index (χ4n) is 3.42. The third kappa shape index (κ3) is 3.97. The molecule has 2 fully saturated rings. The molecule has 0 radical (unpaired) electrons. The molecule has 0 atom stereocenters. The van der Waals surface area contributed by atoms with Gasteiger partial charge in [0.05, 0.1) is 46.1 Å². The number of benzene rings is 2. The Hall–Kier alpha value is -2.52. The van der Waals surface area contributed by atoms with Crippen molar-refractivity contribution in [3.63, 3.8) is 0 Å². The molecule has 2 aliphatic heterocycles. The van der Waals surface area contributed by atoms with Crippen LogP contribution in [-0.2, 0) is 18.9 Å². The minimum absolute atomic E-state index is 0.0644. The van der Waals surface area contributed by atoms with Crippen molar-refractivity contribution in [1.29, 1.82) is 0 Å². The molecule has 8 nitrogen and oxygen atoms in total. The van der Waals surface area contributed by atoms with Gasteiger partial charge in [-0.15, -0.1) is 0 Å². The fraction of sp³-hybridized carbons (Fsp3) is 0.429. The first kappa shape index (κ1) is 19.8. The summed E-state index contributed by atoms with van der Waals surface area (Å²) in [4.78, 5) is 0. The molecule has 2 saturated heterocycles. The van der Waals surface area contributed by atoms with Crippen molar-refractivity contribution in [2.24, 2.45) is 5.41 Å². The van der Waals surface area contributed by atoms with Crippen LogP contribution in [0.5, 0.6) is 23.0 Å². The maximum atomic E-state index is 9.74. The van der Waals surface area contributed by atoms with Crippen molar-refractivity contribution >= 4 is 0 Å². The zero-order valence-electron chi connectivity index (χ0n) is 16.3. The molecular formula is C21H24O8. The molecule has 0 aromatic heterocycles. The third-order valence-corrected chi connectivity index (χ3v) is 5.12. The van der Waals surface area contributed by atoms with Crippen LogP contribution in [0.15, 0.2) is 36.4 Å². The molecule has 4 rings (SSSR count). The second-order valence-corrected chi connectivity index (χ2v) is 7.27. The molecule has 156 valence electrons. The predicted octanol–water partition coefficient (Wildman–Crippen LogP) is 2.89. The van der Waals surface area contributed by atoms with Crippen LogP contribution in [0.3, 0.4) is 0 Å². The molecule has 2 aromatic rings. The second-order valence-electron chi connectivity index (χ2n) is 7.27. The molecule has 0 saturated carbocycles. The zero-order valence-corrected chi connectivity index (χ0v) is 16.3. The summed E-state index contributed by atoms with van der Waals surface area (Å²) in [6.07, 6.45) is -1.09. The van der Waals surface area contributed by atoms with Crippen molar-refractivity contribution < 1.29 is 38.6 Å². The van der Waals surface area contributed by atoms with Gasteiger partial charge in [0.2, 0.25) is 0 Å². The predicted molar refractivity (Wildman–Crippen MR) is 101 cm³/mol. The van der Waals surface area contributed by atoms with Gasteiger partial charge in [-0.3, -0.25) is 0 Å². The molecule has 0 bridgehead atoms. The van der Waals surface area contributed by atoms with Crippen molar-refractivity contribution in [3.8, 4) is 23.0 Å². The van der Waals surface area contributed by atoms with Gasteiger partial charge in [-0.1, -0.05) is 12.1 Å². The topological polar surface area (TPSA) is 95.8 Å². The highest BCUT2D eigenvalue weighted by molar-refractivity contribution is 5.43. The van der Waals surface area contributed by atoms with E-state index in [1.54, 1.807) is 36.4 Å². The average molecular weight is 404 g/mol. The molecule has 2 heterocycles. The van der Waals surface area contributed by atoms with Crippen LogP contribution in [-0.4, -0.2) is 50.9 Å². The van der Waals surface area contributed by atoms with Crippen molar-refractivity contribution in [2.45, 2.75) is 12.6 Å². The maximum Gasteiger partial charge on any atom is 0.183 e. The van der Waals surface area contributed by atoms with Gasteiger partial charge >= 0.3 is 0 Å². The Morgan fingerprint density at radius 3 is 1.45 bits per heavy atom. The number of rotatable bonds is 4. The standard InChI is InChI=1S/C21H24O8/c1-24-17-7-13(3-5-15(17)22)19-26-9-21(10-27-19)11-28-20(29-12-21)14-4-6-16(23)18(8-14)25-2/h3-8,19-20,22-23H,9-12H2,1-2H3. The number of hydrogen-bond acceptors (Lipinski definition) is 8. The highest BCUT2D eigenvalue weighted by Gasteiger charge is 2.42. The van der Waals surface area contributed by atoms with E-state index in [1.807, 2.05) is 0 Å². The molecule has 29 heavy (non-hydrogen) atoms. The van der Waals surface area contributed by atoms with Crippen LogP contribution in [0, 0.1) is 5.41 Å². The number of phenolic OH excluding ortho intramolecular Hbond substituents is 2. The molecule has 2 N–H and O–H groups in total. The quantitative estimate of drug-likeness (QED) is 0.803. The summed E-state index contributed by atoms with van der Waals surface area (Å²) in [7, 11) is 2.99. The van der Waals surface area contributed by atoms with E-state index in [1.165, 1.54) is 14.2 Å². The van der Waals surface area contributed by atoms with E-state index >= 15 is 0 Å². The Balaban J connectivity index is 1.37. The highest BCUT2D eigenvalue weighted by atomic mass is 16.7. The lowest BCUT2D eigenvalue weighted by atomic mass is 9.90. The second kappa shape index (κ2) is 8.08. The van der Waals surface area contributed by atoms with E-state index < -0.39 is 18.0 Å². The van der Waals surface area contributed by atoms with E-state index in [0.29, 0.717) is 37.9 Å².